The van der Waals surface area contributed by atoms with E-state index in [-0.39, 0.29) is 6.61 Å². The fourth-order valence-electron chi connectivity index (χ4n) is 1.98. The Morgan fingerprint density at radius 2 is 1.79 bits per heavy atom. The van der Waals surface area contributed by atoms with Crippen LogP contribution in [-0.2, 0) is 25.7 Å². The summed E-state index contributed by atoms with van der Waals surface area (Å²) in [5.74, 6) is -0.987. The average molecular weight is 336 g/mol. The van der Waals surface area contributed by atoms with Crippen molar-refractivity contribution in [3.8, 4) is 0 Å². The van der Waals surface area contributed by atoms with Gasteiger partial charge in [0.05, 0.1) is 7.11 Å². The Morgan fingerprint density at radius 1 is 1.12 bits per heavy atom. The van der Waals surface area contributed by atoms with Crippen molar-refractivity contribution in [3.05, 3.63) is 35.9 Å². The number of amides is 2. The molecule has 132 valence electrons. The minimum atomic E-state index is -0.836. The molecule has 0 aromatic heterocycles. The molecule has 2 unspecified atom stereocenters. The average Bonchev–Trinajstić information content (AvgIpc) is 2.59. The second-order valence-corrected chi connectivity index (χ2v) is 5.30. The van der Waals surface area contributed by atoms with Crippen molar-refractivity contribution in [2.24, 2.45) is 0 Å². The number of esters is 1. The number of nitrogens with one attached hydrogen (secondary N) is 2. The van der Waals surface area contributed by atoms with Crippen molar-refractivity contribution < 1.29 is 23.9 Å². The molecule has 0 aliphatic heterocycles. The van der Waals surface area contributed by atoms with Gasteiger partial charge >= 0.3 is 12.1 Å². The topological polar surface area (TPSA) is 93.7 Å². The molecule has 1 rings (SSSR count). The predicted octanol–water partition coefficient (Wildman–Crippen LogP) is 1.76. The second-order valence-electron chi connectivity index (χ2n) is 5.30. The van der Waals surface area contributed by atoms with Crippen LogP contribution in [-0.4, -0.2) is 37.2 Å². The Kier molecular flexibility index (Phi) is 8.32. The molecule has 0 bridgehead atoms. The monoisotopic (exact) mass is 336 g/mol. The van der Waals surface area contributed by atoms with Crippen LogP contribution in [0.4, 0.5) is 4.79 Å². The van der Waals surface area contributed by atoms with Gasteiger partial charge in [0.15, 0.2) is 0 Å². The summed E-state index contributed by atoms with van der Waals surface area (Å²) in [5, 5.41) is 4.99. The van der Waals surface area contributed by atoms with E-state index in [4.69, 9.17) is 4.74 Å². The van der Waals surface area contributed by atoms with Gasteiger partial charge in [-0.15, -0.1) is 0 Å². The molecular weight excluding hydrogens is 312 g/mol. The number of ether oxygens (including phenoxy) is 2. The van der Waals surface area contributed by atoms with Crippen LogP contribution in [0.1, 0.15) is 32.3 Å². The standard InChI is InChI=1S/C17H24N2O5/c1-4-8-14(16(21)23-3)19-15(20)12(2)18-17(22)24-11-13-9-6-5-7-10-13/h5-7,9-10,12,14H,4,8,11H2,1-3H3,(H,18,22)(H,19,20). The van der Waals surface area contributed by atoms with Gasteiger partial charge in [-0.25, -0.2) is 9.59 Å². The molecule has 0 spiro atoms. The number of alkyl carbamates (subject to hydrolysis) is 1. The molecule has 0 fully saturated rings. The zero-order valence-electron chi connectivity index (χ0n) is 14.2. The van der Waals surface area contributed by atoms with Crippen molar-refractivity contribution in [2.45, 2.75) is 45.4 Å². The van der Waals surface area contributed by atoms with Crippen molar-refractivity contribution in [1.82, 2.24) is 10.6 Å². The molecule has 2 atom stereocenters. The van der Waals surface area contributed by atoms with Gasteiger partial charge in [-0.2, -0.15) is 0 Å². The Morgan fingerprint density at radius 3 is 2.38 bits per heavy atom. The third-order valence-electron chi connectivity index (χ3n) is 3.32. The summed E-state index contributed by atoms with van der Waals surface area (Å²) in [6.45, 7) is 3.52. The first-order valence-corrected chi connectivity index (χ1v) is 7.83. The number of rotatable bonds is 8. The van der Waals surface area contributed by atoms with Gasteiger partial charge < -0.3 is 20.1 Å². The van der Waals surface area contributed by atoms with E-state index in [0.29, 0.717) is 12.8 Å². The molecule has 0 saturated heterocycles. The van der Waals surface area contributed by atoms with Crippen LogP contribution in [0.15, 0.2) is 30.3 Å². The lowest BCUT2D eigenvalue weighted by Crippen LogP contribution is -2.50. The molecule has 0 aliphatic rings. The number of carbonyl (C=O) groups is 3. The maximum absolute atomic E-state index is 12.1. The normalized spacial score (nSPS) is 12.6. The number of hydrogen-bond donors (Lipinski definition) is 2. The molecule has 1 aromatic carbocycles. The maximum atomic E-state index is 12.1. The highest BCUT2D eigenvalue weighted by Gasteiger charge is 2.24. The fraction of sp³-hybridized carbons (Fsp3) is 0.471. The van der Waals surface area contributed by atoms with Gasteiger partial charge in [-0.05, 0) is 18.9 Å². The molecule has 0 saturated carbocycles. The largest absolute Gasteiger partial charge is 0.467 e. The van der Waals surface area contributed by atoms with E-state index in [2.05, 4.69) is 15.4 Å². The van der Waals surface area contributed by atoms with E-state index in [1.807, 2.05) is 37.3 Å². The summed E-state index contributed by atoms with van der Waals surface area (Å²) >= 11 is 0. The maximum Gasteiger partial charge on any atom is 0.408 e. The van der Waals surface area contributed by atoms with Crippen LogP contribution < -0.4 is 10.6 Å². The van der Waals surface area contributed by atoms with Gasteiger partial charge in [-0.3, -0.25) is 4.79 Å². The van der Waals surface area contributed by atoms with Crippen molar-refractivity contribution in [2.75, 3.05) is 7.11 Å². The summed E-state index contributed by atoms with van der Waals surface area (Å²) in [5.41, 5.74) is 0.846. The molecule has 1 aromatic rings. The Hall–Kier alpha value is -2.57. The number of hydrogen-bond acceptors (Lipinski definition) is 5. The lowest BCUT2D eigenvalue weighted by atomic mass is 10.1. The summed E-state index contributed by atoms with van der Waals surface area (Å²) in [6.07, 6.45) is 0.469. The van der Waals surface area contributed by atoms with Crippen LogP contribution in [0.3, 0.4) is 0 Å². The third-order valence-corrected chi connectivity index (χ3v) is 3.32. The smallest absolute Gasteiger partial charge is 0.408 e. The summed E-state index contributed by atoms with van der Waals surface area (Å²) in [4.78, 5) is 35.4. The molecule has 0 heterocycles. The number of methoxy groups -OCH3 is 1. The van der Waals surface area contributed by atoms with E-state index in [1.54, 1.807) is 0 Å². The van der Waals surface area contributed by atoms with Crippen molar-refractivity contribution in [1.29, 1.82) is 0 Å². The quantitative estimate of drug-likeness (QED) is 0.706. The lowest BCUT2D eigenvalue weighted by Gasteiger charge is -2.19. The van der Waals surface area contributed by atoms with E-state index >= 15 is 0 Å². The SMILES string of the molecule is CCCC(NC(=O)C(C)NC(=O)OCc1ccccc1)C(=O)OC. The number of benzene rings is 1. The Labute approximate surface area is 141 Å². The minimum absolute atomic E-state index is 0.113. The van der Waals surface area contributed by atoms with Gasteiger partial charge in [-0.1, -0.05) is 43.7 Å². The van der Waals surface area contributed by atoms with Crippen LogP contribution in [0, 0.1) is 0 Å². The Bertz CT molecular complexity index is 547. The van der Waals surface area contributed by atoms with Gasteiger partial charge in [0.25, 0.3) is 0 Å². The lowest BCUT2D eigenvalue weighted by molar-refractivity contribution is -0.145. The van der Waals surface area contributed by atoms with Gasteiger partial charge in [0, 0.05) is 0 Å². The zero-order valence-corrected chi connectivity index (χ0v) is 14.2. The van der Waals surface area contributed by atoms with Crippen LogP contribution in [0.25, 0.3) is 0 Å². The van der Waals surface area contributed by atoms with Crippen LogP contribution in [0.2, 0.25) is 0 Å². The fourth-order valence-corrected chi connectivity index (χ4v) is 1.98. The molecule has 2 N–H and O–H groups in total. The van der Waals surface area contributed by atoms with Gasteiger partial charge in [0.1, 0.15) is 18.7 Å². The van der Waals surface area contributed by atoms with E-state index < -0.39 is 30.1 Å². The van der Waals surface area contributed by atoms with Crippen molar-refractivity contribution in [3.63, 3.8) is 0 Å². The molecule has 0 radical (unpaired) electrons. The first-order valence-electron chi connectivity index (χ1n) is 7.83. The van der Waals surface area contributed by atoms with E-state index in [1.165, 1.54) is 14.0 Å². The van der Waals surface area contributed by atoms with Crippen LogP contribution in [0.5, 0.6) is 0 Å². The predicted molar refractivity (Wildman–Crippen MR) is 88.1 cm³/mol. The molecule has 0 aliphatic carbocycles. The minimum Gasteiger partial charge on any atom is -0.467 e. The summed E-state index contributed by atoms with van der Waals surface area (Å²) < 4.78 is 9.70. The first kappa shape index (κ1) is 19.5. The Balaban J connectivity index is 2.44. The van der Waals surface area contributed by atoms with Crippen molar-refractivity contribution >= 4 is 18.0 Å². The number of carbonyl (C=O) groups excluding carboxylic acids is 3. The highest BCUT2D eigenvalue weighted by Crippen LogP contribution is 2.02. The third kappa shape index (κ3) is 6.68. The molecule has 24 heavy (non-hydrogen) atoms. The summed E-state index contributed by atoms with van der Waals surface area (Å²) in [7, 11) is 1.26. The second kappa shape index (κ2) is 10.3. The molecular formula is C17H24N2O5. The molecule has 7 nitrogen and oxygen atoms in total. The first-order chi connectivity index (χ1) is 11.5. The summed E-state index contributed by atoms with van der Waals surface area (Å²) in [6, 6.07) is 7.64. The van der Waals surface area contributed by atoms with Gasteiger partial charge in [0.2, 0.25) is 5.91 Å². The molecule has 7 heteroatoms. The highest BCUT2D eigenvalue weighted by molar-refractivity contribution is 5.89. The molecule has 2 amide bonds. The van der Waals surface area contributed by atoms with E-state index in [0.717, 1.165) is 5.56 Å². The zero-order chi connectivity index (χ0) is 17.9. The highest BCUT2D eigenvalue weighted by atomic mass is 16.5. The van der Waals surface area contributed by atoms with E-state index in [9.17, 15) is 14.4 Å². The van der Waals surface area contributed by atoms with Crippen LogP contribution >= 0.6 is 0 Å².